The normalized spacial score (nSPS) is 12.1. The summed E-state index contributed by atoms with van der Waals surface area (Å²) in [4.78, 5) is 11.5. The molecular weight excluding hydrogens is 214 g/mol. The van der Waals surface area contributed by atoms with Crippen molar-refractivity contribution in [2.75, 3.05) is 6.54 Å². The van der Waals surface area contributed by atoms with E-state index < -0.39 is 0 Å². The molecule has 0 aliphatic heterocycles. The van der Waals surface area contributed by atoms with Crippen molar-refractivity contribution in [1.29, 1.82) is 0 Å². The number of rotatable bonds is 5. The van der Waals surface area contributed by atoms with Gasteiger partial charge in [0.1, 0.15) is 0 Å². The smallest absolute Gasteiger partial charge is 0.233 e. The molecule has 0 spiro atoms. The van der Waals surface area contributed by atoms with E-state index in [1.165, 1.54) is 16.4 Å². The van der Waals surface area contributed by atoms with Crippen LogP contribution in [0, 0.1) is 0 Å². The lowest BCUT2D eigenvalue weighted by atomic mass is 10.4. The van der Waals surface area contributed by atoms with Gasteiger partial charge in [-0.15, -0.1) is 11.7 Å². The van der Waals surface area contributed by atoms with E-state index >= 15 is 0 Å². The first-order valence-corrected chi connectivity index (χ1v) is 5.30. The molecule has 1 atom stereocenters. The maximum Gasteiger partial charge on any atom is 0.233 e. The number of carbonyl (C=O) groups is 1. The highest BCUT2D eigenvalue weighted by molar-refractivity contribution is 8.00. The number of nitrogens with one attached hydrogen (secondary N) is 1. The molecular formula is C8H13N5OS. The highest BCUT2D eigenvalue weighted by Crippen LogP contribution is 2.18. The fourth-order valence-electron chi connectivity index (χ4n) is 0.849. The van der Waals surface area contributed by atoms with Crippen LogP contribution in [0.3, 0.4) is 0 Å². The van der Waals surface area contributed by atoms with Gasteiger partial charge in [0.2, 0.25) is 11.1 Å². The third-order valence-corrected chi connectivity index (χ3v) is 2.78. The van der Waals surface area contributed by atoms with Gasteiger partial charge in [0.15, 0.2) is 0 Å². The van der Waals surface area contributed by atoms with E-state index in [0.717, 1.165) is 0 Å². The Hall–Kier alpha value is -1.37. The molecule has 0 aliphatic carbocycles. The summed E-state index contributed by atoms with van der Waals surface area (Å²) in [5.74, 6) is -0.0529. The molecule has 0 fully saturated rings. The topological polar surface area (TPSA) is 72.7 Å². The number of nitrogens with zero attached hydrogens (tertiary/aromatic N) is 4. The van der Waals surface area contributed by atoms with Gasteiger partial charge in [0.25, 0.3) is 0 Å². The zero-order valence-corrected chi connectivity index (χ0v) is 9.49. The number of carbonyl (C=O) groups excluding carboxylic acids is 1. The van der Waals surface area contributed by atoms with Crippen molar-refractivity contribution in [1.82, 2.24) is 25.5 Å². The van der Waals surface area contributed by atoms with Gasteiger partial charge in [0, 0.05) is 13.6 Å². The molecule has 15 heavy (non-hydrogen) atoms. The van der Waals surface area contributed by atoms with E-state index in [4.69, 9.17) is 0 Å². The number of hydrogen-bond acceptors (Lipinski definition) is 5. The highest BCUT2D eigenvalue weighted by Gasteiger charge is 2.16. The van der Waals surface area contributed by atoms with E-state index in [1.54, 1.807) is 20.0 Å². The molecule has 0 saturated heterocycles. The SMILES string of the molecule is C=CCNC(=O)C(C)Sc1nnnn1C. The lowest BCUT2D eigenvalue weighted by Gasteiger charge is -2.08. The summed E-state index contributed by atoms with van der Waals surface area (Å²) in [6, 6.07) is 0. The molecule has 82 valence electrons. The van der Waals surface area contributed by atoms with Crippen molar-refractivity contribution in [2.45, 2.75) is 17.3 Å². The van der Waals surface area contributed by atoms with Crippen molar-refractivity contribution in [3.05, 3.63) is 12.7 Å². The van der Waals surface area contributed by atoms with Crippen LogP contribution in [0.25, 0.3) is 0 Å². The Kier molecular flexibility index (Phi) is 4.29. The van der Waals surface area contributed by atoms with E-state index in [-0.39, 0.29) is 11.2 Å². The summed E-state index contributed by atoms with van der Waals surface area (Å²) in [6.07, 6.45) is 1.64. The van der Waals surface area contributed by atoms with Crippen LogP contribution < -0.4 is 5.32 Å². The van der Waals surface area contributed by atoms with Crippen LogP contribution in [0.1, 0.15) is 6.92 Å². The van der Waals surface area contributed by atoms with E-state index in [9.17, 15) is 4.79 Å². The highest BCUT2D eigenvalue weighted by atomic mass is 32.2. The standard InChI is InChI=1S/C8H13N5OS/c1-4-5-9-7(14)6(2)15-8-10-11-12-13(8)3/h4,6H,1,5H2,2-3H3,(H,9,14). The number of hydrogen-bond donors (Lipinski definition) is 1. The predicted molar refractivity (Wildman–Crippen MR) is 57.3 cm³/mol. The van der Waals surface area contributed by atoms with E-state index in [2.05, 4.69) is 27.4 Å². The summed E-state index contributed by atoms with van der Waals surface area (Å²) < 4.78 is 1.53. The van der Waals surface area contributed by atoms with Crippen LogP contribution in [0.5, 0.6) is 0 Å². The molecule has 1 unspecified atom stereocenters. The maximum atomic E-state index is 11.5. The van der Waals surface area contributed by atoms with Crippen LogP contribution in [0.2, 0.25) is 0 Å². The summed E-state index contributed by atoms with van der Waals surface area (Å²) in [5.41, 5.74) is 0. The van der Waals surface area contributed by atoms with Crippen molar-refractivity contribution < 1.29 is 4.79 Å². The van der Waals surface area contributed by atoms with Gasteiger partial charge in [-0.3, -0.25) is 4.79 Å². The molecule has 1 aromatic heterocycles. The van der Waals surface area contributed by atoms with Crippen molar-refractivity contribution in [2.24, 2.45) is 7.05 Å². The molecule has 0 aliphatic rings. The Morgan fingerprint density at radius 2 is 2.53 bits per heavy atom. The largest absolute Gasteiger partial charge is 0.352 e. The third-order valence-electron chi connectivity index (χ3n) is 1.65. The van der Waals surface area contributed by atoms with Gasteiger partial charge in [-0.1, -0.05) is 17.8 Å². The van der Waals surface area contributed by atoms with Crippen LogP contribution in [0.15, 0.2) is 17.8 Å². The molecule has 0 radical (unpaired) electrons. The molecule has 0 bridgehead atoms. The zero-order chi connectivity index (χ0) is 11.3. The van der Waals surface area contributed by atoms with Gasteiger partial charge in [-0.2, -0.15) is 0 Å². The Morgan fingerprint density at radius 1 is 1.80 bits per heavy atom. The molecule has 1 N–H and O–H groups in total. The fourth-order valence-corrected chi connectivity index (χ4v) is 1.63. The average Bonchev–Trinajstić information content (AvgIpc) is 2.61. The summed E-state index contributed by atoms with van der Waals surface area (Å²) >= 11 is 1.32. The van der Waals surface area contributed by atoms with Crippen molar-refractivity contribution >= 4 is 17.7 Å². The Balaban J connectivity index is 2.48. The summed E-state index contributed by atoms with van der Waals surface area (Å²) in [6.45, 7) is 5.80. The van der Waals surface area contributed by atoms with Gasteiger partial charge < -0.3 is 5.32 Å². The number of amides is 1. The Labute approximate surface area is 92.1 Å². The molecule has 0 saturated carbocycles. The molecule has 6 nitrogen and oxygen atoms in total. The van der Waals surface area contributed by atoms with E-state index in [1.807, 2.05) is 0 Å². The summed E-state index contributed by atoms with van der Waals surface area (Å²) in [5, 5.41) is 14.1. The minimum Gasteiger partial charge on any atom is -0.352 e. The lowest BCUT2D eigenvalue weighted by molar-refractivity contribution is -0.120. The van der Waals surface area contributed by atoms with Crippen LogP contribution in [-0.4, -0.2) is 37.9 Å². The quantitative estimate of drug-likeness (QED) is 0.566. The average molecular weight is 227 g/mol. The number of aromatic nitrogens is 4. The zero-order valence-electron chi connectivity index (χ0n) is 8.67. The number of aryl methyl sites for hydroxylation is 1. The molecule has 7 heteroatoms. The first kappa shape index (κ1) is 11.7. The number of tetrazole rings is 1. The third kappa shape index (κ3) is 3.35. The van der Waals surface area contributed by atoms with Gasteiger partial charge in [-0.05, 0) is 17.4 Å². The van der Waals surface area contributed by atoms with Crippen molar-refractivity contribution in [3.8, 4) is 0 Å². The summed E-state index contributed by atoms with van der Waals surface area (Å²) in [7, 11) is 1.73. The Morgan fingerprint density at radius 3 is 3.07 bits per heavy atom. The van der Waals surface area contributed by atoms with Gasteiger partial charge in [-0.25, -0.2) is 4.68 Å². The minimum atomic E-state index is -0.227. The monoisotopic (exact) mass is 227 g/mol. The molecule has 1 rings (SSSR count). The second-order valence-corrected chi connectivity index (χ2v) is 4.19. The van der Waals surface area contributed by atoms with E-state index in [0.29, 0.717) is 11.7 Å². The maximum absolute atomic E-state index is 11.5. The van der Waals surface area contributed by atoms with Crippen LogP contribution in [0.4, 0.5) is 0 Å². The molecule has 1 heterocycles. The van der Waals surface area contributed by atoms with Gasteiger partial charge in [0.05, 0.1) is 5.25 Å². The lowest BCUT2D eigenvalue weighted by Crippen LogP contribution is -2.31. The second-order valence-electron chi connectivity index (χ2n) is 2.88. The van der Waals surface area contributed by atoms with Gasteiger partial charge >= 0.3 is 0 Å². The first-order valence-electron chi connectivity index (χ1n) is 4.42. The second kappa shape index (κ2) is 5.50. The van der Waals surface area contributed by atoms with Crippen LogP contribution in [-0.2, 0) is 11.8 Å². The Bertz CT molecular complexity index is 351. The molecule has 1 aromatic rings. The van der Waals surface area contributed by atoms with Crippen molar-refractivity contribution in [3.63, 3.8) is 0 Å². The minimum absolute atomic E-state index is 0.0529. The number of thioether (sulfide) groups is 1. The molecule has 1 amide bonds. The predicted octanol–water partition coefficient (Wildman–Crippen LogP) is -0.00710. The fraction of sp³-hybridized carbons (Fsp3) is 0.500. The molecule has 0 aromatic carbocycles. The van der Waals surface area contributed by atoms with Crippen LogP contribution >= 0.6 is 11.8 Å². The first-order chi connectivity index (χ1) is 7.15.